The van der Waals surface area contributed by atoms with Crippen molar-refractivity contribution in [2.24, 2.45) is 4.99 Å². The van der Waals surface area contributed by atoms with Crippen molar-refractivity contribution in [3.63, 3.8) is 0 Å². The zero-order valence-corrected chi connectivity index (χ0v) is 14.3. The molecule has 24 heavy (non-hydrogen) atoms. The summed E-state index contributed by atoms with van der Waals surface area (Å²) in [5, 5.41) is 0. The molecule has 1 heterocycles. The Hall–Kier alpha value is -1.99. The lowest BCUT2D eigenvalue weighted by Gasteiger charge is -2.28. The normalized spacial score (nSPS) is 18.5. The van der Waals surface area contributed by atoms with Gasteiger partial charge in [0.1, 0.15) is 11.2 Å². The minimum absolute atomic E-state index is 0. The first-order chi connectivity index (χ1) is 10.8. The monoisotopic (exact) mass is 347 g/mol. The van der Waals surface area contributed by atoms with E-state index in [9.17, 15) is 17.3 Å². The lowest BCUT2D eigenvalue weighted by atomic mass is 9.90. The SMILES string of the molecule is Cc1cccc(N=CC=C2OC(C)(C)C(C)(C)O2)c1.F[B-](F)(F)F.[H+]. The Kier molecular flexibility index (Phi) is 6.08. The van der Waals surface area contributed by atoms with E-state index in [0.29, 0.717) is 5.95 Å². The average molecular weight is 347 g/mol. The number of nitrogens with zero attached hydrogens (tertiary/aromatic N) is 1. The Balaban J connectivity index is 0.000000848. The second-order valence-corrected chi connectivity index (χ2v) is 6.32. The van der Waals surface area contributed by atoms with Gasteiger partial charge in [0.15, 0.2) is 0 Å². The van der Waals surface area contributed by atoms with Gasteiger partial charge in [0, 0.05) is 12.3 Å². The largest absolute Gasteiger partial charge is 1.00 e. The fourth-order valence-electron chi connectivity index (χ4n) is 1.73. The van der Waals surface area contributed by atoms with Crippen LogP contribution in [-0.4, -0.2) is 24.7 Å². The third kappa shape index (κ3) is 6.64. The van der Waals surface area contributed by atoms with Gasteiger partial charge in [0.25, 0.3) is 5.95 Å². The molecule has 1 aliphatic rings. The first-order valence-electron chi connectivity index (χ1n) is 7.36. The molecular weight excluding hydrogens is 325 g/mol. The topological polar surface area (TPSA) is 30.8 Å². The average Bonchev–Trinajstić information content (AvgIpc) is 2.55. The molecule has 134 valence electrons. The van der Waals surface area contributed by atoms with Crippen molar-refractivity contribution in [3.05, 3.63) is 41.9 Å². The minimum atomic E-state index is -6.00. The molecule has 0 N–H and O–H groups in total. The van der Waals surface area contributed by atoms with Gasteiger partial charge in [-0.3, -0.25) is 4.99 Å². The highest BCUT2D eigenvalue weighted by Crippen LogP contribution is 2.39. The highest BCUT2D eigenvalue weighted by atomic mass is 19.5. The number of benzene rings is 1. The van der Waals surface area contributed by atoms with Crippen LogP contribution in [0.15, 0.2) is 41.3 Å². The molecule has 8 heteroatoms. The summed E-state index contributed by atoms with van der Waals surface area (Å²) in [5.41, 5.74) is 1.44. The molecule has 0 saturated carbocycles. The van der Waals surface area contributed by atoms with E-state index >= 15 is 0 Å². The third-order valence-electron chi connectivity index (χ3n) is 3.60. The fraction of sp³-hybridized carbons (Fsp3) is 0.438. The Morgan fingerprint density at radius 1 is 1.04 bits per heavy atom. The lowest BCUT2D eigenvalue weighted by Crippen LogP contribution is -2.41. The van der Waals surface area contributed by atoms with E-state index in [-0.39, 0.29) is 12.6 Å². The standard InChI is InChI=1S/C16H21NO2.BF4/c1-12-7-6-8-13(11-12)17-10-9-14-18-15(2,3)16(4,5)19-14;2-1(3,4)5/h6-11H,1-5H3;/q;-1/p+1. The molecule has 1 aliphatic heterocycles. The predicted octanol–water partition coefficient (Wildman–Crippen LogP) is 5.56. The quantitative estimate of drug-likeness (QED) is 0.399. The number of allylic oxidation sites excluding steroid dienone is 1. The lowest BCUT2D eigenvalue weighted by molar-refractivity contribution is 0.00578. The first-order valence-corrected chi connectivity index (χ1v) is 7.36. The van der Waals surface area contributed by atoms with Crippen LogP contribution in [0.5, 0.6) is 0 Å². The molecule has 0 amide bonds. The van der Waals surface area contributed by atoms with Crippen LogP contribution in [-0.2, 0) is 9.47 Å². The van der Waals surface area contributed by atoms with Gasteiger partial charge in [-0.15, -0.1) is 0 Å². The Labute approximate surface area is 141 Å². The molecule has 1 aromatic rings. The van der Waals surface area contributed by atoms with Crippen LogP contribution in [0.4, 0.5) is 23.0 Å². The van der Waals surface area contributed by atoms with Gasteiger partial charge >= 0.3 is 8.68 Å². The van der Waals surface area contributed by atoms with E-state index in [4.69, 9.17) is 9.47 Å². The maximum absolute atomic E-state index is 9.75. The van der Waals surface area contributed by atoms with Gasteiger partial charge in [-0.2, -0.15) is 0 Å². The Bertz CT molecular complexity index is 607. The molecule has 0 aromatic heterocycles. The van der Waals surface area contributed by atoms with Gasteiger partial charge in [0.2, 0.25) is 0 Å². The maximum atomic E-state index is 9.75. The van der Waals surface area contributed by atoms with E-state index in [1.807, 2.05) is 58.9 Å². The van der Waals surface area contributed by atoms with Crippen LogP contribution >= 0.6 is 0 Å². The van der Waals surface area contributed by atoms with Crippen molar-refractivity contribution in [1.29, 1.82) is 0 Å². The third-order valence-corrected chi connectivity index (χ3v) is 3.60. The first kappa shape index (κ1) is 20.1. The number of ether oxygens (including phenoxy) is 2. The predicted molar refractivity (Wildman–Crippen MR) is 89.0 cm³/mol. The van der Waals surface area contributed by atoms with Crippen molar-refractivity contribution in [2.45, 2.75) is 45.8 Å². The van der Waals surface area contributed by atoms with E-state index in [2.05, 4.69) is 4.99 Å². The van der Waals surface area contributed by atoms with Crippen molar-refractivity contribution in [1.82, 2.24) is 0 Å². The summed E-state index contributed by atoms with van der Waals surface area (Å²) in [7, 11) is -6.00. The fourth-order valence-corrected chi connectivity index (χ4v) is 1.73. The van der Waals surface area contributed by atoms with Gasteiger partial charge in [-0.1, -0.05) is 12.1 Å². The van der Waals surface area contributed by atoms with Crippen LogP contribution in [0.25, 0.3) is 0 Å². The molecule has 1 saturated heterocycles. The van der Waals surface area contributed by atoms with Crippen LogP contribution < -0.4 is 0 Å². The Morgan fingerprint density at radius 2 is 1.54 bits per heavy atom. The smallest absolute Gasteiger partial charge is 0.455 e. The second kappa shape index (κ2) is 7.28. The van der Waals surface area contributed by atoms with Crippen LogP contribution in [0.2, 0.25) is 0 Å². The number of aliphatic imine (C=N–C) groups is 1. The molecule has 3 nitrogen and oxygen atoms in total. The number of rotatable bonds is 2. The molecule has 0 unspecified atom stereocenters. The zero-order valence-electron chi connectivity index (χ0n) is 15.3. The summed E-state index contributed by atoms with van der Waals surface area (Å²) in [6, 6.07) is 8.03. The molecule has 0 atom stereocenters. The summed E-state index contributed by atoms with van der Waals surface area (Å²) in [6.45, 7) is 10.1. The van der Waals surface area contributed by atoms with E-state index in [1.165, 1.54) is 5.56 Å². The minimum Gasteiger partial charge on any atom is -0.455 e. The zero-order chi connectivity index (χ0) is 18.6. The molecule has 1 fully saturated rings. The molecule has 2 rings (SSSR count). The summed E-state index contributed by atoms with van der Waals surface area (Å²) in [5.74, 6) is 0.520. The highest BCUT2D eigenvalue weighted by Gasteiger charge is 2.48. The number of hydrogen-bond acceptors (Lipinski definition) is 3. The van der Waals surface area contributed by atoms with E-state index in [1.54, 1.807) is 12.3 Å². The van der Waals surface area contributed by atoms with Crippen molar-refractivity contribution >= 4 is 19.2 Å². The van der Waals surface area contributed by atoms with Crippen molar-refractivity contribution in [3.8, 4) is 0 Å². The van der Waals surface area contributed by atoms with E-state index in [0.717, 1.165) is 5.69 Å². The maximum Gasteiger partial charge on any atom is 1.00 e. The van der Waals surface area contributed by atoms with Gasteiger partial charge < -0.3 is 26.7 Å². The van der Waals surface area contributed by atoms with Gasteiger partial charge in [-0.25, -0.2) is 0 Å². The molecule has 1 aromatic carbocycles. The summed E-state index contributed by atoms with van der Waals surface area (Å²) in [6.07, 6.45) is 3.47. The molecule has 0 radical (unpaired) electrons. The number of aryl methyl sites for hydroxylation is 1. The number of hydrogen-bond donors (Lipinski definition) is 0. The summed E-state index contributed by atoms with van der Waals surface area (Å²) >= 11 is 0. The van der Waals surface area contributed by atoms with Gasteiger partial charge in [0.05, 0.1) is 5.69 Å². The summed E-state index contributed by atoms with van der Waals surface area (Å²) in [4.78, 5) is 4.36. The van der Waals surface area contributed by atoms with E-state index < -0.39 is 7.25 Å². The molecule has 0 bridgehead atoms. The summed E-state index contributed by atoms with van der Waals surface area (Å²) < 4.78 is 50.5. The van der Waals surface area contributed by atoms with Crippen LogP contribution in [0.1, 0.15) is 34.7 Å². The molecular formula is C16H22BF4NO2. The molecule has 0 spiro atoms. The highest BCUT2D eigenvalue weighted by molar-refractivity contribution is 6.50. The van der Waals surface area contributed by atoms with Crippen molar-refractivity contribution in [2.75, 3.05) is 0 Å². The van der Waals surface area contributed by atoms with Crippen molar-refractivity contribution < 1.29 is 28.2 Å². The number of halogens is 4. The second-order valence-electron chi connectivity index (χ2n) is 6.32. The van der Waals surface area contributed by atoms with Gasteiger partial charge in [-0.05, 0) is 52.3 Å². The van der Waals surface area contributed by atoms with Crippen LogP contribution in [0.3, 0.4) is 0 Å². The Morgan fingerprint density at radius 3 is 2.00 bits per heavy atom. The van der Waals surface area contributed by atoms with Crippen LogP contribution in [0, 0.1) is 6.92 Å². The molecule has 0 aliphatic carbocycles.